The number of rotatable bonds is 4. The third-order valence-corrected chi connectivity index (χ3v) is 2.48. The van der Waals surface area contributed by atoms with Gasteiger partial charge in [0.05, 0.1) is 0 Å². The lowest BCUT2D eigenvalue weighted by Gasteiger charge is -2.05. The van der Waals surface area contributed by atoms with E-state index in [9.17, 15) is 9.59 Å². The highest BCUT2D eigenvalue weighted by Crippen LogP contribution is 2.14. The van der Waals surface area contributed by atoms with Gasteiger partial charge in [-0.25, -0.2) is 0 Å². The molecule has 0 saturated heterocycles. The van der Waals surface area contributed by atoms with E-state index >= 15 is 0 Å². The van der Waals surface area contributed by atoms with Crippen molar-refractivity contribution in [3.8, 4) is 0 Å². The van der Waals surface area contributed by atoms with Crippen molar-refractivity contribution in [1.29, 1.82) is 0 Å². The van der Waals surface area contributed by atoms with Crippen LogP contribution in [0, 0.1) is 0 Å². The summed E-state index contributed by atoms with van der Waals surface area (Å²) in [6, 6.07) is 0. The summed E-state index contributed by atoms with van der Waals surface area (Å²) in [5.41, 5.74) is 0. The van der Waals surface area contributed by atoms with Crippen LogP contribution in [-0.4, -0.2) is 31.8 Å². The van der Waals surface area contributed by atoms with Crippen LogP contribution >= 0.6 is 31.9 Å². The highest BCUT2D eigenvalue weighted by atomic mass is 79.9. The van der Waals surface area contributed by atoms with Crippen LogP contribution in [-0.2, 0) is 9.59 Å². The largest absolute Gasteiger partial charge is 0.480 e. The van der Waals surface area contributed by atoms with Gasteiger partial charge in [-0.1, -0.05) is 31.9 Å². The number of halogens is 2. The zero-order chi connectivity index (χ0) is 9.02. The van der Waals surface area contributed by atoms with E-state index in [2.05, 4.69) is 31.9 Å². The van der Waals surface area contributed by atoms with Gasteiger partial charge in [0, 0.05) is 0 Å². The molecule has 0 aliphatic rings. The van der Waals surface area contributed by atoms with Gasteiger partial charge < -0.3 is 10.2 Å². The SMILES string of the molecule is O=C(O)[C@H](Br)C[C@@H](Br)C(=O)O. The lowest BCUT2D eigenvalue weighted by atomic mass is 10.2. The molecule has 0 aromatic heterocycles. The maximum atomic E-state index is 10.2. The average molecular weight is 290 g/mol. The molecule has 0 amide bonds. The quantitative estimate of drug-likeness (QED) is 0.759. The van der Waals surface area contributed by atoms with Gasteiger partial charge in [0.1, 0.15) is 9.65 Å². The fourth-order valence-corrected chi connectivity index (χ4v) is 1.63. The lowest BCUT2D eigenvalue weighted by Crippen LogP contribution is -2.22. The summed E-state index contributed by atoms with van der Waals surface area (Å²) in [7, 11) is 0. The fourth-order valence-electron chi connectivity index (χ4n) is 0.383. The van der Waals surface area contributed by atoms with Crippen LogP contribution < -0.4 is 0 Å². The first kappa shape index (κ1) is 10.9. The number of carboxylic acids is 2. The first-order chi connectivity index (χ1) is 4.95. The normalized spacial score (nSPS) is 15.5. The van der Waals surface area contributed by atoms with E-state index in [-0.39, 0.29) is 6.42 Å². The number of hydrogen-bond acceptors (Lipinski definition) is 2. The Kier molecular flexibility index (Phi) is 4.67. The van der Waals surface area contributed by atoms with Crippen LogP contribution in [0.4, 0.5) is 0 Å². The summed E-state index contributed by atoms with van der Waals surface area (Å²) in [4.78, 5) is 18.8. The molecule has 64 valence electrons. The van der Waals surface area contributed by atoms with Crippen molar-refractivity contribution in [2.75, 3.05) is 0 Å². The number of hydrogen-bond donors (Lipinski definition) is 2. The van der Waals surface area contributed by atoms with Crippen molar-refractivity contribution >= 4 is 43.8 Å². The number of carboxylic acid groups (broad SMARTS) is 2. The van der Waals surface area contributed by atoms with Gasteiger partial charge >= 0.3 is 11.9 Å². The van der Waals surface area contributed by atoms with E-state index in [0.29, 0.717) is 0 Å². The molecule has 6 heteroatoms. The molecule has 0 bridgehead atoms. The van der Waals surface area contributed by atoms with Gasteiger partial charge in [-0.15, -0.1) is 0 Å². The third kappa shape index (κ3) is 4.36. The van der Waals surface area contributed by atoms with Crippen LogP contribution in [0.25, 0.3) is 0 Å². The molecule has 0 radical (unpaired) electrons. The summed E-state index contributed by atoms with van der Waals surface area (Å²) < 4.78 is 0. The monoisotopic (exact) mass is 288 g/mol. The third-order valence-electron chi connectivity index (χ3n) is 0.950. The zero-order valence-corrected chi connectivity index (χ0v) is 8.50. The second-order valence-electron chi connectivity index (χ2n) is 1.85. The van der Waals surface area contributed by atoms with Crippen molar-refractivity contribution in [3.63, 3.8) is 0 Å². The number of alkyl halides is 2. The molecular weight excluding hydrogens is 284 g/mol. The number of carbonyl (C=O) groups is 2. The van der Waals surface area contributed by atoms with Crippen molar-refractivity contribution < 1.29 is 19.8 Å². The van der Waals surface area contributed by atoms with Crippen molar-refractivity contribution in [3.05, 3.63) is 0 Å². The molecule has 0 aromatic carbocycles. The Morgan fingerprint density at radius 3 is 1.55 bits per heavy atom. The molecule has 0 aromatic rings. The summed E-state index contributed by atoms with van der Waals surface area (Å²) in [5.74, 6) is -2.12. The predicted octanol–water partition coefficient (Wildman–Crippen LogP) is 1.07. The Balaban J connectivity index is 3.84. The Morgan fingerprint density at radius 1 is 1.09 bits per heavy atom. The molecule has 0 spiro atoms. The smallest absolute Gasteiger partial charge is 0.317 e. The molecule has 0 saturated carbocycles. The minimum Gasteiger partial charge on any atom is -0.480 e. The van der Waals surface area contributed by atoms with Gasteiger partial charge in [0.2, 0.25) is 0 Å². The van der Waals surface area contributed by atoms with E-state index in [1.54, 1.807) is 0 Å². The Hall–Kier alpha value is -0.100. The molecule has 0 heterocycles. The second kappa shape index (κ2) is 4.71. The summed E-state index contributed by atoms with van der Waals surface area (Å²) in [5, 5.41) is 16.7. The van der Waals surface area contributed by atoms with Crippen LogP contribution in [0.5, 0.6) is 0 Å². The summed E-state index contributed by atoms with van der Waals surface area (Å²) in [6.45, 7) is 0. The van der Waals surface area contributed by atoms with Crippen molar-refractivity contribution in [2.45, 2.75) is 16.1 Å². The van der Waals surface area contributed by atoms with Crippen molar-refractivity contribution in [2.24, 2.45) is 0 Å². The molecule has 0 unspecified atom stereocenters. The van der Waals surface area contributed by atoms with Crippen molar-refractivity contribution in [1.82, 2.24) is 0 Å². The van der Waals surface area contributed by atoms with Gasteiger partial charge in [0.15, 0.2) is 0 Å². The zero-order valence-electron chi connectivity index (χ0n) is 5.33. The predicted molar refractivity (Wildman–Crippen MR) is 45.3 cm³/mol. The van der Waals surface area contributed by atoms with E-state index in [0.717, 1.165) is 0 Å². The van der Waals surface area contributed by atoms with E-state index in [1.807, 2.05) is 0 Å². The minimum absolute atomic E-state index is 0.0185. The first-order valence-electron chi connectivity index (χ1n) is 2.69. The molecular formula is C5H6Br2O4. The number of aliphatic carboxylic acids is 2. The average Bonchev–Trinajstić information content (AvgIpc) is 1.87. The maximum Gasteiger partial charge on any atom is 0.317 e. The molecule has 0 aliphatic carbocycles. The Morgan fingerprint density at radius 2 is 1.36 bits per heavy atom. The van der Waals surface area contributed by atoms with E-state index < -0.39 is 21.6 Å². The van der Waals surface area contributed by atoms with Crippen LogP contribution in [0.15, 0.2) is 0 Å². The fraction of sp³-hybridized carbons (Fsp3) is 0.600. The van der Waals surface area contributed by atoms with Gasteiger partial charge in [-0.2, -0.15) is 0 Å². The molecule has 0 fully saturated rings. The minimum atomic E-state index is -1.06. The molecule has 0 rings (SSSR count). The highest BCUT2D eigenvalue weighted by molar-refractivity contribution is 9.10. The maximum absolute atomic E-state index is 10.2. The topological polar surface area (TPSA) is 74.6 Å². The Bertz CT molecular complexity index is 152. The lowest BCUT2D eigenvalue weighted by molar-refractivity contribution is -0.137. The van der Waals surface area contributed by atoms with Crippen LogP contribution in [0.3, 0.4) is 0 Å². The highest BCUT2D eigenvalue weighted by Gasteiger charge is 2.22. The standard InChI is InChI=1S/C5H6Br2O4/c6-2(4(8)9)1-3(7)5(10)11/h2-3H,1H2,(H,8,9)(H,10,11)/t2-,3-/m1/s1. The molecule has 4 nitrogen and oxygen atoms in total. The van der Waals surface area contributed by atoms with E-state index in [4.69, 9.17) is 10.2 Å². The second-order valence-corrected chi connectivity index (χ2v) is 4.06. The van der Waals surface area contributed by atoms with Crippen LogP contribution in [0.2, 0.25) is 0 Å². The van der Waals surface area contributed by atoms with Gasteiger partial charge in [0.25, 0.3) is 0 Å². The molecule has 2 N–H and O–H groups in total. The molecule has 2 atom stereocenters. The molecule has 11 heavy (non-hydrogen) atoms. The van der Waals surface area contributed by atoms with Crippen LogP contribution in [0.1, 0.15) is 6.42 Å². The summed E-state index contributed by atoms with van der Waals surface area (Å²) >= 11 is 5.64. The molecule has 0 aliphatic heterocycles. The Labute approximate surface area is 79.8 Å². The van der Waals surface area contributed by atoms with Gasteiger partial charge in [-0.05, 0) is 6.42 Å². The van der Waals surface area contributed by atoms with Gasteiger partial charge in [-0.3, -0.25) is 9.59 Å². The summed E-state index contributed by atoms with van der Waals surface area (Å²) in [6.07, 6.45) is 0.0185. The van der Waals surface area contributed by atoms with E-state index in [1.165, 1.54) is 0 Å². The first-order valence-corrected chi connectivity index (χ1v) is 4.52.